The Labute approximate surface area is 231 Å². The van der Waals surface area contributed by atoms with E-state index in [1.54, 1.807) is 7.11 Å². The van der Waals surface area contributed by atoms with Crippen LogP contribution in [0.2, 0.25) is 36.3 Å². The summed E-state index contributed by atoms with van der Waals surface area (Å²) in [6.07, 6.45) is 1.55. The molecule has 0 bridgehead atoms. The van der Waals surface area contributed by atoms with Gasteiger partial charge in [-0.15, -0.1) is 0 Å². The summed E-state index contributed by atoms with van der Waals surface area (Å²) in [5.41, 5.74) is 0.362. The first kappa shape index (κ1) is 29.7. The molecule has 9 heteroatoms. The molecule has 5 atom stereocenters. The van der Waals surface area contributed by atoms with Gasteiger partial charge in [-0.25, -0.2) is 5.06 Å². The zero-order chi connectivity index (χ0) is 28.3. The minimum Gasteiger partial charge on any atom is -0.497 e. The van der Waals surface area contributed by atoms with Crippen LogP contribution in [0, 0.1) is 5.92 Å². The van der Waals surface area contributed by atoms with Gasteiger partial charge in [0.25, 0.3) is 5.91 Å². The van der Waals surface area contributed by atoms with Crippen molar-refractivity contribution in [2.45, 2.75) is 121 Å². The van der Waals surface area contributed by atoms with Crippen molar-refractivity contribution in [3.05, 3.63) is 29.8 Å². The fourth-order valence-electron chi connectivity index (χ4n) is 5.09. The molecule has 1 aliphatic carbocycles. The van der Waals surface area contributed by atoms with Crippen LogP contribution < -0.4 is 4.74 Å². The molecule has 1 saturated carbocycles. The number of amides is 1. The van der Waals surface area contributed by atoms with Gasteiger partial charge in [0.1, 0.15) is 24.6 Å². The Balaban J connectivity index is 1.49. The number of fused-ring (bicyclic) bond motifs is 1. The largest absolute Gasteiger partial charge is 0.497 e. The first-order chi connectivity index (χ1) is 17.4. The first-order valence-corrected chi connectivity index (χ1v) is 19.8. The maximum absolute atomic E-state index is 13.6. The van der Waals surface area contributed by atoms with E-state index < -0.39 is 22.2 Å². The molecule has 3 aliphatic rings. The van der Waals surface area contributed by atoms with Crippen molar-refractivity contribution >= 4 is 22.5 Å². The van der Waals surface area contributed by atoms with Gasteiger partial charge in [0.15, 0.2) is 16.6 Å². The molecule has 0 unspecified atom stereocenters. The van der Waals surface area contributed by atoms with E-state index in [0.29, 0.717) is 13.2 Å². The van der Waals surface area contributed by atoms with E-state index in [2.05, 4.69) is 67.7 Å². The Morgan fingerprint density at radius 3 is 2.13 bits per heavy atom. The van der Waals surface area contributed by atoms with E-state index in [0.717, 1.165) is 24.2 Å². The molecule has 214 valence electrons. The summed E-state index contributed by atoms with van der Waals surface area (Å²) < 4.78 is 25.6. The number of hydroxylamine groups is 2. The van der Waals surface area contributed by atoms with Gasteiger partial charge in [0.2, 0.25) is 0 Å². The van der Waals surface area contributed by atoms with Crippen LogP contribution in [-0.4, -0.2) is 65.2 Å². The summed E-state index contributed by atoms with van der Waals surface area (Å²) in [6, 6.07) is 7.70. The first-order valence-electron chi connectivity index (χ1n) is 14.0. The Morgan fingerprint density at radius 1 is 1.00 bits per heavy atom. The highest BCUT2D eigenvalue weighted by molar-refractivity contribution is 6.74. The normalized spacial score (nSPS) is 30.1. The van der Waals surface area contributed by atoms with Crippen molar-refractivity contribution in [1.29, 1.82) is 0 Å². The average molecular weight is 564 g/mol. The Hall–Kier alpha value is -1.24. The third-order valence-electron chi connectivity index (χ3n) is 9.72. The number of nitrogens with zero attached hydrogens (tertiary/aromatic N) is 1. The maximum atomic E-state index is 13.6. The number of hydrogen-bond donors (Lipinski definition) is 0. The number of rotatable bonds is 9. The lowest BCUT2D eigenvalue weighted by Crippen LogP contribution is -2.69. The molecule has 0 radical (unpaired) electrons. The van der Waals surface area contributed by atoms with Crippen molar-refractivity contribution in [2.75, 3.05) is 13.7 Å². The quantitative estimate of drug-likeness (QED) is 0.200. The minimum absolute atomic E-state index is 0.00441. The van der Waals surface area contributed by atoms with E-state index in [1.807, 2.05) is 24.3 Å². The van der Waals surface area contributed by atoms with Crippen LogP contribution in [0.25, 0.3) is 0 Å². The third-order valence-corrected chi connectivity index (χ3v) is 18.7. The molecular weight excluding hydrogens is 514 g/mol. The molecule has 2 saturated heterocycles. The number of hydrogen-bond acceptors (Lipinski definition) is 6. The molecule has 2 heterocycles. The maximum Gasteiger partial charge on any atom is 0.254 e. The summed E-state index contributed by atoms with van der Waals surface area (Å²) in [6.45, 7) is 23.5. The second-order valence-corrected chi connectivity index (χ2v) is 23.8. The van der Waals surface area contributed by atoms with E-state index in [-0.39, 0.29) is 40.2 Å². The minimum atomic E-state index is -2.19. The van der Waals surface area contributed by atoms with Crippen LogP contribution in [0.3, 0.4) is 0 Å². The lowest BCUT2D eigenvalue weighted by Gasteiger charge is -2.54. The fraction of sp³-hybridized carbons (Fsp3) is 0.759. The number of carbonyl (C=O) groups excluding carboxylic acids is 1. The predicted molar refractivity (Wildman–Crippen MR) is 154 cm³/mol. The highest BCUT2D eigenvalue weighted by Gasteiger charge is 2.70. The van der Waals surface area contributed by atoms with Crippen molar-refractivity contribution in [1.82, 2.24) is 5.06 Å². The molecule has 2 aliphatic heterocycles. The summed E-state index contributed by atoms with van der Waals surface area (Å²) in [5.74, 6) is 0.525. The molecule has 0 aromatic heterocycles. The third kappa shape index (κ3) is 5.52. The van der Waals surface area contributed by atoms with Crippen LogP contribution in [0.1, 0.15) is 59.9 Å². The van der Waals surface area contributed by atoms with Crippen LogP contribution in [0.5, 0.6) is 5.75 Å². The standard InChI is InChI=1S/C29H49NO6Si2/c1-27(2,3)37(8,9)35-23-16-17-29(25-24(23)34-25,36-38(10,11)28(4,5)6)22-18-30(26(22)31)33-19-20-12-14-21(32-7)15-13-20/h12-15,22-25H,16-19H2,1-11H3/t22-,23-,24-,25-,29+/m0/s1. The van der Waals surface area contributed by atoms with E-state index >= 15 is 0 Å². The van der Waals surface area contributed by atoms with Crippen molar-refractivity contribution < 1.29 is 28.0 Å². The molecule has 0 N–H and O–H groups in total. The average Bonchev–Trinajstić information content (AvgIpc) is 3.61. The van der Waals surface area contributed by atoms with Gasteiger partial charge in [-0.3, -0.25) is 9.63 Å². The zero-order valence-electron chi connectivity index (χ0n) is 25.3. The van der Waals surface area contributed by atoms with Crippen LogP contribution in [0.4, 0.5) is 0 Å². The van der Waals surface area contributed by atoms with E-state index in [9.17, 15) is 4.79 Å². The lowest BCUT2D eigenvalue weighted by atomic mass is 9.71. The smallest absolute Gasteiger partial charge is 0.254 e. The van der Waals surface area contributed by atoms with Gasteiger partial charge >= 0.3 is 0 Å². The van der Waals surface area contributed by atoms with Crippen LogP contribution in [-0.2, 0) is 29.8 Å². The highest BCUT2D eigenvalue weighted by atomic mass is 28.4. The summed E-state index contributed by atoms with van der Waals surface area (Å²) >= 11 is 0. The van der Waals surface area contributed by atoms with Crippen LogP contribution in [0.15, 0.2) is 24.3 Å². The number of methoxy groups -OCH3 is 1. The van der Waals surface area contributed by atoms with Crippen LogP contribution >= 0.6 is 0 Å². The monoisotopic (exact) mass is 563 g/mol. The molecule has 1 aromatic rings. The number of epoxide rings is 1. The second kappa shape index (κ2) is 9.99. The molecule has 1 aromatic carbocycles. The van der Waals surface area contributed by atoms with Crippen molar-refractivity contribution in [2.24, 2.45) is 5.92 Å². The van der Waals surface area contributed by atoms with E-state index in [1.165, 1.54) is 5.06 Å². The van der Waals surface area contributed by atoms with Crippen molar-refractivity contribution in [3.63, 3.8) is 0 Å². The summed E-state index contributed by atoms with van der Waals surface area (Å²) in [5, 5.41) is 1.66. The Morgan fingerprint density at radius 2 is 1.61 bits per heavy atom. The highest BCUT2D eigenvalue weighted by Crippen LogP contribution is 2.56. The summed E-state index contributed by atoms with van der Waals surface area (Å²) in [4.78, 5) is 19.5. The SMILES string of the molecule is COc1ccc(CON2C[C@H]([C@]3(O[Si](C)(C)C(C)(C)C)CC[C@H](O[Si](C)(C)C(C)(C)C)[C@@H]4O[C@@H]43)C2=O)cc1. The molecule has 4 rings (SSSR count). The number of ether oxygens (including phenoxy) is 2. The van der Waals surface area contributed by atoms with Gasteiger partial charge in [-0.05, 0) is 66.8 Å². The molecule has 3 fully saturated rings. The molecule has 7 nitrogen and oxygen atoms in total. The van der Waals surface area contributed by atoms with Crippen molar-refractivity contribution in [3.8, 4) is 5.75 Å². The van der Waals surface area contributed by atoms with E-state index in [4.69, 9.17) is 23.2 Å². The number of β-lactam (4-membered cyclic amide) rings is 1. The molecule has 0 spiro atoms. The fourth-order valence-corrected chi connectivity index (χ4v) is 8.06. The Kier molecular flexibility index (Phi) is 7.82. The zero-order valence-corrected chi connectivity index (χ0v) is 27.3. The van der Waals surface area contributed by atoms with Gasteiger partial charge in [-0.1, -0.05) is 53.7 Å². The second-order valence-electron chi connectivity index (χ2n) is 14.4. The summed E-state index contributed by atoms with van der Waals surface area (Å²) in [7, 11) is -2.49. The number of carbonyl (C=O) groups is 1. The predicted octanol–water partition coefficient (Wildman–Crippen LogP) is 6.30. The van der Waals surface area contributed by atoms with Gasteiger partial charge in [0, 0.05) is 0 Å². The van der Waals surface area contributed by atoms with Gasteiger partial charge < -0.3 is 18.3 Å². The van der Waals surface area contributed by atoms with Gasteiger partial charge in [0.05, 0.1) is 31.3 Å². The molecule has 1 amide bonds. The number of benzene rings is 1. The molecule has 38 heavy (non-hydrogen) atoms. The topological polar surface area (TPSA) is 69.8 Å². The Bertz CT molecular complexity index is 1020. The molecular formula is C29H49NO6Si2. The van der Waals surface area contributed by atoms with Gasteiger partial charge in [-0.2, -0.15) is 0 Å². The lowest BCUT2D eigenvalue weighted by molar-refractivity contribution is -0.244.